The summed E-state index contributed by atoms with van der Waals surface area (Å²) in [6, 6.07) is 0. The van der Waals surface area contributed by atoms with Crippen LogP contribution in [0.2, 0.25) is 0 Å². The molecule has 0 amide bonds. The molecule has 0 aromatic heterocycles. The van der Waals surface area contributed by atoms with Gasteiger partial charge in [-0.25, -0.2) is 0 Å². The maximum Gasteiger partial charge on any atom is 0.0812 e. The molecule has 1 atom stereocenters. The Bertz CT molecular complexity index is 291. The largest absolute Gasteiger partial charge is 0.373 e. The van der Waals surface area contributed by atoms with Crippen LogP contribution >= 0.6 is 0 Å². The van der Waals surface area contributed by atoms with E-state index in [9.17, 15) is 0 Å². The van der Waals surface area contributed by atoms with E-state index >= 15 is 0 Å². The van der Waals surface area contributed by atoms with E-state index in [0.717, 1.165) is 13.0 Å². The molecule has 1 aliphatic heterocycles. The van der Waals surface area contributed by atoms with Gasteiger partial charge in [0, 0.05) is 0 Å². The lowest BCUT2D eigenvalue weighted by Gasteiger charge is -2.17. The van der Waals surface area contributed by atoms with Crippen LogP contribution in [0.3, 0.4) is 0 Å². The molecule has 0 spiro atoms. The predicted molar refractivity (Wildman–Crippen MR) is 93.6 cm³/mol. The second-order valence-corrected chi connectivity index (χ2v) is 7.58. The van der Waals surface area contributed by atoms with Gasteiger partial charge >= 0.3 is 0 Å². The Labute approximate surface area is 132 Å². The van der Waals surface area contributed by atoms with Crippen molar-refractivity contribution in [1.29, 1.82) is 0 Å². The Hall–Kier alpha value is -0.560. The highest BCUT2D eigenvalue weighted by Gasteiger charge is 2.20. The lowest BCUT2D eigenvalue weighted by atomic mass is 9.89. The van der Waals surface area contributed by atoms with Crippen molar-refractivity contribution in [2.45, 2.75) is 91.1 Å². The van der Waals surface area contributed by atoms with Crippen molar-refractivity contribution >= 4 is 0 Å². The van der Waals surface area contributed by atoms with E-state index in [1.54, 1.807) is 0 Å². The topological polar surface area (TPSA) is 12.5 Å². The van der Waals surface area contributed by atoms with Gasteiger partial charge in [0.15, 0.2) is 0 Å². The number of epoxide rings is 1. The molecule has 1 saturated heterocycles. The minimum Gasteiger partial charge on any atom is -0.373 e. The molecule has 0 N–H and O–H groups in total. The summed E-state index contributed by atoms with van der Waals surface area (Å²) < 4.78 is 5.18. The molecule has 0 aromatic rings. The quantitative estimate of drug-likeness (QED) is 0.229. The molecule has 0 saturated carbocycles. The summed E-state index contributed by atoms with van der Waals surface area (Å²) in [6.45, 7) is 8.01. The summed E-state index contributed by atoms with van der Waals surface area (Å²) in [5.41, 5.74) is 0.516. The Morgan fingerprint density at radius 3 is 2.14 bits per heavy atom. The predicted octanol–water partition coefficient (Wildman–Crippen LogP) is 6.44. The van der Waals surface area contributed by atoms with Gasteiger partial charge in [0.25, 0.3) is 0 Å². The third kappa shape index (κ3) is 14.2. The van der Waals surface area contributed by atoms with Crippen molar-refractivity contribution in [3.05, 3.63) is 24.3 Å². The fraction of sp³-hybridized carbons (Fsp3) is 0.800. The van der Waals surface area contributed by atoms with Crippen molar-refractivity contribution in [2.75, 3.05) is 6.61 Å². The zero-order chi connectivity index (χ0) is 15.4. The number of allylic oxidation sites excluding steroid dienone is 4. The molecule has 1 heterocycles. The molecule has 1 aliphatic rings. The van der Waals surface area contributed by atoms with Crippen molar-refractivity contribution in [1.82, 2.24) is 0 Å². The normalized spacial score (nSPS) is 18.9. The molecule has 0 radical (unpaired) electrons. The first-order valence-corrected chi connectivity index (χ1v) is 8.99. The van der Waals surface area contributed by atoms with Crippen molar-refractivity contribution in [3.8, 4) is 0 Å². The van der Waals surface area contributed by atoms with Crippen LogP contribution in [0.1, 0.15) is 85.0 Å². The summed E-state index contributed by atoms with van der Waals surface area (Å²) in [6.07, 6.45) is 22.9. The first-order chi connectivity index (χ1) is 10.1. The van der Waals surface area contributed by atoms with Crippen LogP contribution in [0.25, 0.3) is 0 Å². The molecular weight excluding hydrogens is 256 g/mol. The van der Waals surface area contributed by atoms with Gasteiger partial charge in [-0.1, -0.05) is 70.8 Å². The van der Waals surface area contributed by atoms with Gasteiger partial charge in [-0.05, 0) is 43.9 Å². The Morgan fingerprint density at radius 1 is 0.857 bits per heavy atom. The van der Waals surface area contributed by atoms with E-state index in [2.05, 4.69) is 45.1 Å². The van der Waals surface area contributed by atoms with Gasteiger partial charge in [0.1, 0.15) is 0 Å². The minimum atomic E-state index is 0.516. The molecule has 0 aliphatic carbocycles. The van der Waals surface area contributed by atoms with Crippen LogP contribution in [0.15, 0.2) is 24.3 Å². The molecule has 21 heavy (non-hydrogen) atoms. The molecule has 0 bridgehead atoms. The van der Waals surface area contributed by atoms with Crippen LogP contribution in [0, 0.1) is 5.41 Å². The van der Waals surface area contributed by atoms with Crippen LogP contribution in [0.5, 0.6) is 0 Å². The van der Waals surface area contributed by atoms with Gasteiger partial charge in [0.05, 0.1) is 12.7 Å². The lowest BCUT2D eigenvalue weighted by Crippen LogP contribution is -2.03. The van der Waals surface area contributed by atoms with Gasteiger partial charge in [-0.3, -0.25) is 0 Å². The van der Waals surface area contributed by atoms with E-state index in [1.165, 1.54) is 57.8 Å². The second kappa shape index (κ2) is 11.1. The highest BCUT2D eigenvalue weighted by molar-refractivity contribution is 4.93. The third-order valence-electron chi connectivity index (χ3n) is 3.96. The zero-order valence-corrected chi connectivity index (χ0v) is 14.6. The standard InChI is InChI=1S/C20H36O/c1-20(2,3)17-15-13-11-9-7-5-4-6-8-10-12-14-16-19-18-21-19/h4,6,10,12,19H,5,7-9,11,13-18H2,1-3H3. The highest BCUT2D eigenvalue weighted by Crippen LogP contribution is 2.22. The fourth-order valence-electron chi connectivity index (χ4n) is 2.47. The smallest absolute Gasteiger partial charge is 0.0812 e. The summed E-state index contributed by atoms with van der Waals surface area (Å²) in [5.74, 6) is 0. The van der Waals surface area contributed by atoms with Crippen LogP contribution in [0.4, 0.5) is 0 Å². The van der Waals surface area contributed by atoms with E-state index in [1.807, 2.05) is 0 Å². The van der Waals surface area contributed by atoms with E-state index in [0.29, 0.717) is 11.5 Å². The molecule has 1 nitrogen and oxygen atoms in total. The van der Waals surface area contributed by atoms with Gasteiger partial charge < -0.3 is 4.74 Å². The molecule has 0 aromatic carbocycles. The third-order valence-corrected chi connectivity index (χ3v) is 3.96. The van der Waals surface area contributed by atoms with Crippen LogP contribution < -0.4 is 0 Å². The number of hydrogen-bond acceptors (Lipinski definition) is 1. The maximum atomic E-state index is 5.18. The van der Waals surface area contributed by atoms with Gasteiger partial charge in [0.2, 0.25) is 0 Å². The van der Waals surface area contributed by atoms with E-state index in [4.69, 9.17) is 4.74 Å². The Morgan fingerprint density at radius 2 is 1.48 bits per heavy atom. The first kappa shape index (κ1) is 18.5. The van der Waals surface area contributed by atoms with Crippen LogP contribution in [-0.4, -0.2) is 12.7 Å². The van der Waals surface area contributed by atoms with E-state index in [-0.39, 0.29) is 0 Å². The number of ether oxygens (including phenoxy) is 1. The van der Waals surface area contributed by atoms with Crippen molar-refractivity contribution in [2.24, 2.45) is 5.41 Å². The van der Waals surface area contributed by atoms with Crippen molar-refractivity contribution in [3.63, 3.8) is 0 Å². The molecule has 1 fully saturated rings. The zero-order valence-electron chi connectivity index (χ0n) is 14.6. The summed E-state index contributed by atoms with van der Waals surface area (Å²) in [7, 11) is 0. The monoisotopic (exact) mass is 292 g/mol. The average Bonchev–Trinajstić information content (AvgIpc) is 3.22. The molecule has 122 valence electrons. The lowest BCUT2D eigenvalue weighted by molar-refractivity contribution is 0.356. The minimum absolute atomic E-state index is 0.516. The molecular formula is C20H36O. The number of hydrogen-bond donors (Lipinski definition) is 0. The number of rotatable bonds is 12. The molecule has 1 heteroatoms. The maximum absolute atomic E-state index is 5.18. The molecule has 1 unspecified atom stereocenters. The SMILES string of the molecule is CC(C)(C)CCCCCCCC=CCC=CCCC1CO1. The molecule has 1 rings (SSSR count). The second-order valence-electron chi connectivity index (χ2n) is 7.58. The van der Waals surface area contributed by atoms with Gasteiger partial charge in [-0.15, -0.1) is 0 Å². The Balaban J connectivity index is 1.77. The highest BCUT2D eigenvalue weighted by atomic mass is 16.6. The first-order valence-electron chi connectivity index (χ1n) is 8.99. The summed E-state index contributed by atoms with van der Waals surface area (Å²) >= 11 is 0. The summed E-state index contributed by atoms with van der Waals surface area (Å²) in [5, 5.41) is 0. The van der Waals surface area contributed by atoms with E-state index < -0.39 is 0 Å². The van der Waals surface area contributed by atoms with Crippen molar-refractivity contribution < 1.29 is 4.74 Å². The van der Waals surface area contributed by atoms with Gasteiger partial charge in [-0.2, -0.15) is 0 Å². The fourth-order valence-corrected chi connectivity index (χ4v) is 2.47. The average molecular weight is 293 g/mol. The van der Waals surface area contributed by atoms with Crippen LogP contribution in [-0.2, 0) is 4.74 Å². The number of unbranched alkanes of at least 4 members (excludes halogenated alkanes) is 5. The summed E-state index contributed by atoms with van der Waals surface area (Å²) in [4.78, 5) is 0. The Kier molecular flexibility index (Phi) is 9.74.